The molecule has 3 heteroatoms. The summed E-state index contributed by atoms with van der Waals surface area (Å²) in [4.78, 5) is 0. The SMILES string of the molecule is COCCOCOc1cc2ccc(-c3ccccc3)cc2cc1C12CC3CC(CC(C3)C1)C2. The van der Waals surface area contributed by atoms with Gasteiger partial charge in [-0.05, 0) is 102 Å². The Balaban J connectivity index is 1.39. The van der Waals surface area contributed by atoms with Crippen LogP contribution in [0.1, 0.15) is 44.1 Å². The standard InChI is InChI=1S/C30H34O3/c1-31-9-10-32-20-33-29-16-26-8-7-25(24-5-3-2-4-6-24)14-27(26)15-28(29)30-17-21-11-22(18-30)13-23(12-21)19-30/h2-8,14-16,21-23H,9-13,17-20H2,1H3. The molecule has 4 saturated carbocycles. The van der Waals surface area contributed by atoms with Gasteiger partial charge in [-0.25, -0.2) is 0 Å². The predicted octanol–water partition coefficient (Wildman–Crippen LogP) is 6.97. The third kappa shape index (κ3) is 4.06. The number of benzene rings is 3. The lowest BCUT2D eigenvalue weighted by Crippen LogP contribution is -2.48. The van der Waals surface area contributed by atoms with Crippen LogP contribution in [0.15, 0.2) is 60.7 Å². The van der Waals surface area contributed by atoms with Crippen molar-refractivity contribution in [1.29, 1.82) is 0 Å². The molecule has 0 radical (unpaired) electrons. The van der Waals surface area contributed by atoms with Gasteiger partial charge in [0.25, 0.3) is 0 Å². The number of hydrogen-bond acceptors (Lipinski definition) is 3. The van der Waals surface area contributed by atoms with Crippen LogP contribution in [0.3, 0.4) is 0 Å². The molecule has 0 spiro atoms. The molecule has 3 nitrogen and oxygen atoms in total. The summed E-state index contributed by atoms with van der Waals surface area (Å²) in [5.74, 6) is 3.71. The molecule has 3 aromatic carbocycles. The highest BCUT2D eigenvalue weighted by molar-refractivity contribution is 5.89. The second-order valence-corrected chi connectivity index (χ2v) is 10.6. The number of hydrogen-bond donors (Lipinski definition) is 0. The zero-order chi connectivity index (χ0) is 22.3. The Hall–Kier alpha value is -2.36. The van der Waals surface area contributed by atoms with Gasteiger partial charge in [-0.1, -0.05) is 42.5 Å². The van der Waals surface area contributed by atoms with Crippen LogP contribution in [-0.4, -0.2) is 27.1 Å². The summed E-state index contributed by atoms with van der Waals surface area (Å²) >= 11 is 0. The molecular formula is C30H34O3. The molecule has 3 aromatic rings. The first-order valence-corrected chi connectivity index (χ1v) is 12.6. The molecule has 0 N–H and O–H groups in total. The minimum atomic E-state index is 0.271. The molecule has 4 fully saturated rings. The summed E-state index contributed by atoms with van der Waals surface area (Å²) in [5.41, 5.74) is 4.24. The van der Waals surface area contributed by atoms with Crippen LogP contribution in [0.4, 0.5) is 0 Å². The van der Waals surface area contributed by atoms with E-state index in [9.17, 15) is 0 Å². The van der Waals surface area contributed by atoms with Gasteiger partial charge in [0.15, 0.2) is 6.79 Å². The Kier molecular flexibility index (Phi) is 5.63. The van der Waals surface area contributed by atoms with Gasteiger partial charge in [-0.2, -0.15) is 0 Å². The molecule has 4 aliphatic carbocycles. The number of fused-ring (bicyclic) bond motifs is 1. The zero-order valence-corrected chi connectivity index (χ0v) is 19.6. The molecule has 0 aromatic heterocycles. The second kappa shape index (κ2) is 8.77. The topological polar surface area (TPSA) is 27.7 Å². The summed E-state index contributed by atoms with van der Waals surface area (Å²) in [6.07, 6.45) is 8.31. The Labute approximate surface area is 197 Å². The van der Waals surface area contributed by atoms with Gasteiger partial charge in [0.2, 0.25) is 0 Å². The molecular weight excluding hydrogens is 408 g/mol. The van der Waals surface area contributed by atoms with Gasteiger partial charge >= 0.3 is 0 Å². The van der Waals surface area contributed by atoms with Gasteiger partial charge in [0, 0.05) is 12.7 Å². The zero-order valence-electron chi connectivity index (χ0n) is 19.6. The molecule has 0 atom stereocenters. The Morgan fingerprint density at radius 3 is 2.18 bits per heavy atom. The van der Waals surface area contributed by atoms with Crippen molar-refractivity contribution >= 4 is 10.8 Å². The van der Waals surface area contributed by atoms with Crippen molar-refractivity contribution in [2.45, 2.75) is 43.9 Å². The predicted molar refractivity (Wildman–Crippen MR) is 133 cm³/mol. The summed E-state index contributed by atoms with van der Waals surface area (Å²) in [6, 6.07) is 22.2. The lowest BCUT2D eigenvalue weighted by molar-refractivity contribution is -0.0188. The summed E-state index contributed by atoms with van der Waals surface area (Å²) in [7, 11) is 1.70. The van der Waals surface area contributed by atoms with Crippen LogP contribution in [0, 0.1) is 17.8 Å². The number of rotatable bonds is 8. The van der Waals surface area contributed by atoms with E-state index in [4.69, 9.17) is 14.2 Å². The van der Waals surface area contributed by atoms with E-state index >= 15 is 0 Å². The molecule has 0 saturated heterocycles. The third-order valence-corrected chi connectivity index (χ3v) is 8.38. The van der Waals surface area contributed by atoms with Gasteiger partial charge in [0.05, 0.1) is 13.2 Å². The van der Waals surface area contributed by atoms with Crippen molar-refractivity contribution < 1.29 is 14.2 Å². The molecule has 0 heterocycles. The highest BCUT2D eigenvalue weighted by Crippen LogP contribution is 2.62. The first kappa shape index (κ1) is 21.2. The molecule has 0 aliphatic heterocycles. The minimum absolute atomic E-state index is 0.271. The van der Waals surface area contributed by atoms with E-state index < -0.39 is 0 Å². The quantitative estimate of drug-likeness (QED) is 0.278. The van der Waals surface area contributed by atoms with Crippen LogP contribution in [0.25, 0.3) is 21.9 Å². The fourth-order valence-electron chi connectivity index (χ4n) is 7.37. The number of ether oxygens (including phenoxy) is 3. The van der Waals surface area contributed by atoms with E-state index in [0.717, 1.165) is 23.5 Å². The molecule has 33 heavy (non-hydrogen) atoms. The van der Waals surface area contributed by atoms with Gasteiger partial charge < -0.3 is 14.2 Å². The number of methoxy groups -OCH3 is 1. The van der Waals surface area contributed by atoms with Crippen molar-refractivity contribution in [3.8, 4) is 16.9 Å². The Morgan fingerprint density at radius 2 is 1.48 bits per heavy atom. The first-order chi connectivity index (χ1) is 16.2. The van der Waals surface area contributed by atoms with Crippen LogP contribution in [0.5, 0.6) is 5.75 Å². The van der Waals surface area contributed by atoms with Crippen molar-refractivity contribution in [2.75, 3.05) is 27.1 Å². The average molecular weight is 443 g/mol. The monoisotopic (exact) mass is 442 g/mol. The van der Waals surface area contributed by atoms with E-state index in [1.807, 2.05) is 0 Å². The second-order valence-electron chi connectivity index (χ2n) is 10.6. The minimum Gasteiger partial charge on any atom is -0.467 e. The maximum absolute atomic E-state index is 6.32. The summed E-state index contributed by atoms with van der Waals surface area (Å²) in [5, 5.41) is 2.55. The van der Waals surface area contributed by atoms with Crippen LogP contribution < -0.4 is 4.74 Å². The fraction of sp³-hybridized carbons (Fsp3) is 0.467. The summed E-state index contributed by atoms with van der Waals surface area (Å²) < 4.78 is 17.1. The highest BCUT2D eigenvalue weighted by Gasteiger charge is 2.52. The van der Waals surface area contributed by atoms with Gasteiger partial charge in [0.1, 0.15) is 5.75 Å². The lowest BCUT2D eigenvalue weighted by Gasteiger charge is -2.57. The summed E-state index contributed by atoms with van der Waals surface area (Å²) in [6.45, 7) is 1.42. The van der Waals surface area contributed by atoms with Crippen molar-refractivity contribution in [3.05, 3.63) is 66.2 Å². The maximum Gasteiger partial charge on any atom is 0.189 e. The molecule has 0 amide bonds. The smallest absolute Gasteiger partial charge is 0.189 e. The molecule has 172 valence electrons. The molecule has 7 rings (SSSR count). The first-order valence-electron chi connectivity index (χ1n) is 12.6. The fourth-order valence-corrected chi connectivity index (χ4v) is 7.37. The van der Waals surface area contributed by atoms with E-state index in [2.05, 4.69) is 60.7 Å². The van der Waals surface area contributed by atoms with Crippen LogP contribution in [0.2, 0.25) is 0 Å². The van der Waals surface area contributed by atoms with E-state index in [1.54, 1.807) is 7.11 Å². The third-order valence-electron chi connectivity index (χ3n) is 8.38. The van der Waals surface area contributed by atoms with E-state index in [-0.39, 0.29) is 12.2 Å². The van der Waals surface area contributed by atoms with Gasteiger partial charge in [-0.3, -0.25) is 0 Å². The van der Waals surface area contributed by atoms with Crippen LogP contribution >= 0.6 is 0 Å². The Bertz CT molecular complexity index is 1080. The average Bonchev–Trinajstić information content (AvgIpc) is 2.83. The lowest BCUT2D eigenvalue weighted by atomic mass is 9.48. The van der Waals surface area contributed by atoms with Gasteiger partial charge in [-0.15, -0.1) is 0 Å². The normalized spacial score (nSPS) is 27.8. The largest absolute Gasteiger partial charge is 0.467 e. The van der Waals surface area contributed by atoms with Crippen molar-refractivity contribution in [1.82, 2.24) is 0 Å². The van der Waals surface area contributed by atoms with E-state index in [0.29, 0.717) is 13.2 Å². The van der Waals surface area contributed by atoms with Crippen LogP contribution in [-0.2, 0) is 14.9 Å². The van der Waals surface area contributed by atoms with Crippen molar-refractivity contribution in [2.24, 2.45) is 17.8 Å². The maximum atomic E-state index is 6.32. The van der Waals surface area contributed by atoms with E-state index in [1.165, 1.54) is 66.0 Å². The highest BCUT2D eigenvalue weighted by atomic mass is 16.7. The molecule has 4 aliphatic rings. The van der Waals surface area contributed by atoms with Crippen molar-refractivity contribution in [3.63, 3.8) is 0 Å². The molecule has 4 bridgehead atoms. The molecule has 0 unspecified atom stereocenters. The Morgan fingerprint density at radius 1 is 0.758 bits per heavy atom.